The summed E-state index contributed by atoms with van der Waals surface area (Å²) in [6.07, 6.45) is 2.22. The Balaban J connectivity index is 1.81. The molecule has 88 valence electrons. The molecule has 1 aromatic carbocycles. The third-order valence-corrected chi connectivity index (χ3v) is 4.57. The molecule has 1 saturated carbocycles. The van der Waals surface area contributed by atoms with Crippen LogP contribution < -0.4 is 4.72 Å². The molecule has 0 bridgehead atoms. The standard InChI is InChI=1S/C11H15NO3S/c13-10-3-1-9(2-4-10)7-8-12-16(14,15)11-5-6-11/h1-4,11-13H,5-8H2. The minimum absolute atomic E-state index is 0.160. The van der Waals surface area contributed by atoms with Crippen LogP contribution in [0, 0.1) is 0 Å². The van der Waals surface area contributed by atoms with Gasteiger partial charge in [0, 0.05) is 6.54 Å². The van der Waals surface area contributed by atoms with Gasteiger partial charge in [-0.15, -0.1) is 0 Å². The average Bonchev–Trinajstić information content (AvgIpc) is 3.04. The average molecular weight is 241 g/mol. The van der Waals surface area contributed by atoms with Crippen molar-refractivity contribution in [2.45, 2.75) is 24.5 Å². The fourth-order valence-corrected chi connectivity index (χ4v) is 2.88. The molecular formula is C11H15NO3S. The van der Waals surface area contributed by atoms with Crippen molar-refractivity contribution in [3.05, 3.63) is 29.8 Å². The van der Waals surface area contributed by atoms with Gasteiger partial charge in [-0.1, -0.05) is 12.1 Å². The highest BCUT2D eigenvalue weighted by Crippen LogP contribution is 2.27. The number of sulfonamides is 1. The van der Waals surface area contributed by atoms with Crippen molar-refractivity contribution in [2.24, 2.45) is 0 Å². The van der Waals surface area contributed by atoms with E-state index < -0.39 is 10.0 Å². The van der Waals surface area contributed by atoms with Gasteiger partial charge in [0.25, 0.3) is 0 Å². The second kappa shape index (κ2) is 4.43. The first-order valence-electron chi connectivity index (χ1n) is 5.34. The van der Waals surface area contributed by atoms with E-state index in [4.69, 9.17) is 5.11 Å². The van der Waals surface area contributed by atoms with E-state index >= 15 is 0 Å². The van der Waals surface area contributed by atoms with Crippen LogP contribution in [0.3, 0.4) is 0 Å². The molecule has 5 heteroatoms. The van der Waals surface area contributed by atoms with Gasteiger partial charge in [0.15, 0.2) is 0 Å². The van der Waals surface area contributed by atoms with Crippen LogP contribution in [0.2, 0.25) is 0 Å². The van der Waals surface area contributed by atoms with Crippen LogP contribution >= 0.6 is 0 Å². The van der Waals surface area contributed by atoms with E-state index in [1.165, 1.54) is 0 Å². The highest BCUT2D eigenvalue weighted by atomic mass is 32.2. The summed E-state index contributed by atoms with van der Waals surface area (Å²) in [6.45, 7) is 0.420. The Bertz CT molecular complexity index is 449. The van der Waals surface area contributed by atoms with Gasteiger partial charge < -0.3 is 5.11 Å². The number of phenolic OH excluding ortho intramolecular Hbond substituents is 1. The SMILES string of the molecule is O=S(=O)(NCCc1ccc(O)cc1)C1CC1. The summed E-state index contributed by atoms with van der Waals surface area (Å²) in [6, 6.07) is 6.79. The number of hydrogen-bond donors (Lipinski definition) is 2. The van der Waals surface area contributed by atoms with Crippen molar-refractivity contribution in [3.8, 4) is 5.75 Å². The Morgan fingerprint density at radius 3 is 2.44 bits per heavy atom. The van der Waals surface area contributed by atoms with Crippen LogP contribution in [-0.4, -0.2) is 25.3 Å². The van der Waals surface area contributed by atoms with Crippen molar-refractivity contribution < 1.29 is 13.5 Å². The molecular weight excluding hydrogens is 226 g/mol. The summed E-state index contributed by atoms with van der Waals surface area (Å²) in [7, 11) is -3.06. The van der Waals surface area contributed by atoms with Gasteiger partial charge in [-0.3, -0.25) is 0 Å². The summed E-state index contributed by atoms with van der Waals surface area (Å²) in [5, 5.41) is 8.92. The lowest BCUT2D eigenvalue weighted by Gasteiger charge is -2.05. The van der Waals surface area contributed by atoms with Crippen LogP contribution in [0.5, 0.6) is 5.75 Å². The van der Waals surface area contributed by atoms with E-state index in [9.17, 15) is 8.42 Å². The quantitative estimate of drug-likeness (QED) is 0.808. The fourth-order valence-electron chi connectivity index (χ4n) is 1.50. The van der Waals surface area contributed by atoms with Crippen LogP contribution in [-0.2, 0) is 16.4 Å². The molecule has 16 heavy (non-hydrogen) atoms. The van der Waals surface area contributed by atoms with E-state index in [-0.39, 0.29) is 11.0 Å². The van der Waals surface area contributed by atoms with Crippen LogP contribution in [0.25, 0.3) is 0 Å². The number of aromatic hydroxyl groups is 1. The third-order valence-electron chi connectivity index (χ3n) is 2.62. The zero-order valence-electron chi connectivity index (χ0n) is 8.89. The molecule has 1 aliphatic carbocycles. The molecule has 4 nitrogen and oxygen atoms in total. The predicted octanol–water partition coefficient (Wildman–Crippen LogP) is 1.02. The Labute approximate surface area is 95.4 Å². The predicted molar refractivity (Wildman–Crippen MR) is 61.8 cm³/mol. The number of benzene rings is 1. The molecule has 0 amide bonds. The molecule has 0 unspecified atom stereocenters. The first-order chi connectivity index (χ1) is 7.58. The second-order valence-electron chi connectivity index (χ2n) is 4.06. The van der Waals surface area contributed by atoms with Crippen molar-refractivity contribution in [1.29, 1.82) is 0 Å². The molecule has 0 aliphatic heterocycles. The summed E-state index contributed by atoms with van der Waals surface area (Å²) in [5.74, 6) is 0.224. The molecule has 2 rings (SSSR count). The van der Waals surface area contributed by atoms with E-state index in [1.54, 1.807) is 24.3 Å². The highest BCUT2D eigenvalue weighted by molar-refractivity contribution is 7.90. The first-order valence-corrected chi connectivity index (χ1v) is 6.89. The maximum absolute atomic E-state index is 11.5. The molecule has 0 spiro atoms. The van der Waals surface area contributed by atoms with Gasteiger partial charge in [0.05, 0.1) is 5.25 Å². The molecule has 0 atom stereocenters. The van der Waals surface area contributed by atoms with Gasteiger partial charge in [0.2, 0.25) is 10.0 Å². The molecule has 2 N–H and O–H groups in total. The largest absolute Gasteiger partial charge is 0.508 e. The summed E-state index contributed by atoms with van der Waals surface area (Å²) < 4.78 is 25.6. The van der Waals surface area contributed by atoms with Gasteiger partial charge in [-0.2, -0.15) is 0 Å². The first kappa shape index (κ1) is 11.4. The molecule has 0 radical (unpaired) electrons. The maximum Gasteiger partial charge on any atom is 0.214 e. The molecule has 0 saturated heterocycles. The molecule has 1 aliphatic rings. The van der Waals surface area contributed by atoms with Crippen molar-refractivity contribution in [2.75, 3.05) is 6.54 Å². The smallest absolute Gasteiger partial charge is 0.214 e. The lowest BCUT2D eigenvalue weighted by atomic mass is 10.1. The van der Waals surface area contributed by atoms with Crippen LogP contribution in [0.15, 0.2) is 24.3 Å². The molecule has 0 aromatic heterocycles. The Kier molecular flexibility index (Phi) is 3.16. The topological polar surface area (TPSA) is 66.4 Å². The minimum atomic E-state index is -3.06. The van der Waals surface area contributed by atoms with E-state index in [1.807, 2.05) is 0 Å². The molecule has 1 fully saturated rings. The van der Waals surface area contributed by atoms with Crippen molar-refractivity contribution in [1.82, 2.24) is 4.72 Å². The van der Waals surface area contributed by atoms with Gasteiger partial charge >= 0.3 is 0 Å². The monoisotopic (exact) mass is 241 g/mol. The van der Waals surface area contributed by atoms with Gasteiger partial charge in [-0.05, 0) is 37.0 Å². The van der Waals surface area contributed by atoms with Gasteiger partial charge in [0.1, 0.15) is 5.75 Å². The zero-order chi connectivity index (χ0) is 11.6. The number of phenols is 1. The summed E-state index contributed by atoms with van der Waals surface area (Å²) in [4.78, 5) is 0. The van der Waals surface area contributed by atoms with Crippen molar-refractivity contribution in [3.63, 3.8) is 0 Å². The number of hydrogen-bond acceptors (Lipinski definition) is 3. The van der Waals surface area contributed by atoms with Crippen molar-refractivity contribution >= 4 is 10.0 Å². The number of rotatable bonds is 5. The van der Waals surface area contributed by atoms with E-state index in [0.29, 0.717) is 13.0 Å². The molecule has 0 heterocycles. The lowest BCUT2D eigenvalue weighted by Crippen LogP contribution is -2.29. The normalized spacial score (nSPS) is 16.2. The fraction of sp³-hybridized carbons (Fsp3) is 0.455. The Morgan fingerprint density at radius 1 is 1.25 bits per heavy atom. The Hall–Kier alpha value is -1.07. The lowest BCUT2D eigenvalue weighted by molar-refractivity contribution is 0.475. The van der Waals surface area contributed by atoms with Crippen LogP contribution in [0.4, 0.5) is 0 Å². The van der Waals surface area contributed by atoms with Gasteiger partial charge in [-0.25, -0.2) is 13.1 Å². The van der Waals surface area contributed by atoms with Crippen LogP contribution in [0.1, 0.15) is 18.4 Å². The zero-order valence-corrected chi connectivity index (χ0v) is 9.70. The Morgan fingerprint density at radius 2 is 1.88 bits per heavy atom. The second-order valence-corrected chi connectivity index (χ2v) is 6.10. The number of nitrogens with one attached hydrogen (secondary N) is 1. The van der Waals surface area contributed by atoms with E-state index in [0.717, 1.165) is 18.4 Å². The third kappa shape index (κ3) is 2.96. The summed E-state index contributed by atoms with van der Waals surface area (Å²) >= 11 is 0. The summed E-state index contributed by atoms with van der Waals surface area (Å²) in [5.41, 5.74) is 1.01. The highest BCUT2D eigenvalue weighted by Gasteiger charge is 2.35. The molecule has 1 aromatic rings. The van der Waals surface area contributed by atoms with E-state index in [2.05, 4.69) is 4.72 Å². The minimum Gasteiger partial charge on any atom is -0.508 e. The maximum atomic E-state index is 11.5.